The Morgan fingerprint density at radius 1 is 1.25 bits per heavy atom. The average Bonchev–Trinajstić information content (AvgIpc) is 2.99. The summed E-state index contributed by atoms with van der Waals surface area (Å²) in [4.78, 5) is 37.6. The summed E-state index contributed by atoms with van der Waals surface area (Å²) in [6.45, 7) is 5.44. The number of rotatable bonds is 4. The summed E-state index contributed by atoms with van der Waals surface area (Å²) < 4.78 is 15.7. The molecule has 0 bridgehead atoms. The minimum absolute atomic E-state index is 0.00309. The van der Waals surface area contributed by atoms with Gasteiger partial charge in [0.1, 0.15) is 11.7 Å². The third-order valence-corrected chi connectivity index (χ3v) is 5.01. The molecule has 1 aliphatic carbocycles. The van der Waals surface area contributed by atoms with E-state index in [1.54, 1.807) is 25.7 Å². The predicted octanol–water partition coefficient (Wildman–Crippen LogP) is 2.46. The van der Waals surface area contributed by atoms with Crippen molar-refractivity contribution < 1.29 is 28.6 Å². The number of nitrogens with one attached hydrogen (secondary N) is 1. The molecule has 8 nitrogen and oxygen atoms in total. The van der Waals surface area contributed by atoms with Crippen molar-refractivity contribution in [2.75, 3.05) is 13.7 Å². The second-order valence-electron chi connectivity index (χ2n) is 8.16. The van der Waals surface area contributed by atoms with Gasteiger partial charge >= 0.3 is 18.2 Å². The van der Waals surface area contributed by atoms with E-state index >= 15 is 0 Å². The van der Waals surface area contributed by atoms with Crippen LogP contribution in [-0.2, 0) is 19.0 Å². The largest absolute Gasteiger partial charge is 0.462 e. The molecule has 1 aliphatic heterocycles. The number of alkyl carbamates (subject to hydrolysis) is 1. The zero-order valence-corrected chi connectivity index (χ0v) is 17.0. The van der Waals surface area contributed by atoms with E-state index in [1.165, 1.54) is 7.11 Å². The fraction of sp³-hybridized carbons (Fsp3) is 0.750. The van der Waals surface area contributed by atoms with E-state index in [0.717, 1.165) is 19.3 Å². The summed E-state index contributed by atoms with van der Waals surface area (Å²) in [6, 6.07) is -0.435. The second-order valence-corrected chi connectivity index (χ2v) is 8.16. The molecular formula is C20H30N2O6. The summed E-state index contributed by atoms with van der Waals surface area (Å²) in [6.07, 6.45) is 7.31. The van der Waals surface area contributed by atoms with E-state index in [4.69, 9.17) is 20.6 Å². The number of carbonyl (C=O) groups is 3. The van der Waals surface area contributed by atoms with Crippen LogP contribution in [0.1, 0.15) is 52.9 Å². The molecule has 1 N–H and O–H groups in total. The topological polar surface area (TPSA) is 94.2 Å². The first-order valence-corrected chi connectivity index (χ1v) is 9.65. The van der Waals surface area contributed by atoms with Crippen LogP contribution < -0.4 is 5.32 Å². The lowest BCUT2D eigenvalue weighted by molar-refractivity contribution is -0.154. The lowest BCUT2D eigenvalue weighted by Crippen LogP contribution is -2.46. The zero-order chi connectivity index (χ0) is 20.9. The lowest BCUT2D eigenvalue weighted by atomic mass is 9.82. The first-order valence-electron chi connectivity index (χ1n) is 9.65. The van der Waals surface area contributed by atoms with Crippen molar-refractivity contribution in [2.45, 2.75) is 76.7 Å². The number of fused-ring (bicyclic) bond motifs is 1. The number of methoxy groups -OCH3 is 1. The Morgan fingerprint density at radius 2 is 1.96 bits per heavy atom. The zero-order valence-electron chi connectivity index (χ0n) is 17.0. The van der Waals surface area contributed by atoms with Gasteiger partial charge in [-0.25, -0.2) is 9.59 Å². The van der Waals surface area contributed by atoms with Gasteiger partial charge in [-0.1, -0.05) is 5.92 Å². The van der Waals surface area contributed by atoms with Crippen LogP contribution in [0.5, 0.6) is 0 Å². The highest BCUT2D eigenvalue weighted by molar-refractivity contribution is 5.72. The second kappa shape index (κ2) is 9.18. The number of nitrogens with zero attached hydrogens (tertiary/aromatic N) is 1. The Bertz CT molecular complexity index is 636. The van der Waals surface area contributed by atoms with Gasteiger partial charge in [0.25, 0.3) is 0 Å². The van der Waals surface area contributed by atoms with Gasteiger partial charge in [-0.05, 0) is 46.5 Å². The number of hydrogen-bond donors (Lipinski definition) is 1. The van der Waals surface area contributed by atoms with Gasteiger partial charge in [0.05, 0.1) is 19.6 Å². The molecule has 0 radical (unpaired) electrons. The molecule has 0 aromatic heterocycles. The Labute approximate surface area is 166 Å². The number of amides is 2. The monoisotopic (exact) mass is 394 g/mol. The summed E-state index contributed by atoms with van der Waals surface area (Å²) >= 11 is 0. The van der Waals surface area contributed by atoms with Crippen molar-refractivity contribution >= 4 is 18.2 Å². The van der Waals surface area contributed by atoms with Crippen molar-refractivity contribution in [1.29, 1.82) is 0 Å². The number of hydrogen-bond acceptors (Lipinski definition) is 6. The van der Waals surface area contributed by atoms with Crippen LogP contribution in [0.15, 0.2) is 0 Å². The van der Waals surface area contributed by atoms with Crippen LogP contribution >= 0.6 is 0 Å². The highest BCUT2D eigenvalue weighted by Crippen LogP contribution is 2.41. The number of ether oxygens (including phenoxy) is 3. The molecular weight excluding hydrogens is 364 g/mol. The molecule has 1 saturated heterocycles. The molecule has 0 spiro atoms. The van der Waals surface area contributed by atoms with Crippen molar-refractivity contribution in [3.8, 4) is 12.3 Å². The van der Waals surface area contributed by atoms with Gasteiger partial charge in [0.2, 0.25) is 0 Å². The van der Waals surface area contributed by atoms with Crippen LogP contribution in [0, 0.1) is 18.3 Å². The number of carbonyl (C=O) groups excluding carboxylic acids is 3. The first kappa shape index (κ1) is 21.9. The highest BCUT2D eigenvalue weighted by Gasteiger charge is 2.49. The third kappa shape index (κ3) is 5.54. The molecule has 8 heteroatoms. The summed E-state index contributed by atoms with van der Waals surface area (Å²) in [5.41, 5.74) is -0.594. The maximum absolute atomic E-state index is 12.2. The van der Waals surface area contributed by atoms with Crippen LogP contribution in [0.3, 0.4) is 0 Å². The van der Waals surface area contributed by atoms with Gasteiger partial charge in [-0.3, -0.25) is 9.69 Å². The summed E-state index contributed by atoms with van der Waals surface area (Å²) in [5, 5.41) is 2.54. The average molecular weight is 394 g/mol. The molecule has 1 heterocycles. The third-order valence-electron chi connectivity index (χ3n) is 5.01. The van der Waals surface area contributed by atoms with Crippen LogP contribution in [0.4, 0.5) is 9.59 Å². The molecule has 2 amide bonds. The number of terminal acetylenes is 1. The lowest BCUT2D eigenvalue weighted by Gasteiger charge is -2.36. The minimum Gasteiger partial charge on any atom is -0.462 e. The van der Waals surface area contributed by atoms with Crippen molar-refractivity contribution in [3.05, 3.63) is 0 Å². The van der Waals surface area contributed by atoms with Gasteiger partial charge in [0.15, 0.2) is 0 Å². The molecule has 156 valence electrons. The SMILES string of the molecule is C#CC1C[C@H]2[C@@H](OC(=O)CCNC(=O)OC(C)(C)C)CCC[C@H]2N1C(=O)OC. The Hall–Kier alpha value is -2.43. The molecule has 2 fully saturated rings. The van der Waals surface area contributed by atoms with Crippen molar-refractivity contribution in [1.82, 2.24) is 10.2 Å². The predicted molar refractivity (Wildman–Crippen MR) is 101 cm³/mol. The molecule has 4 atom stereocenters. The minimum atomic E-state index is -0.594. The number of likely N-dealkylation sites (tertiary alicyclic amines) is 1. The highest BCUT2D eigenvalue weighted by atomic mass is 16.6. The summed E-state index contributed by atoms with van der Waals surface area (Å²) in [7, 11) is 1.33. The Kier molecular flexibility index (Phi) is 7.17. The van der Waals surface area contributed by atoms with Gasteiger partial charge in [-0.15, -0.1) is 6.42 Å². The standard InChI is InChI=1S/C20H30N2O6/c1-6-13-12-14-15(22(13)19(25)26-5)8-7-9-16(14)27-17(23)10-11-21-18(24)28-20(2,3)4/h1,13-16H,7-12H2,2-5H3,(H,21,24)/t13?,14-,15-,16+/m1/s1. The van der Waals surface area contributed by atoms with Crippen LogP contribution in [0.25, 0.3) is 0 Å². The molecule has 2 aliphatic rings. The van der Waals surface area contributed by atoms with Gasteiger partial charge in [-0.2, -0.15) is 0 Å². The van der Waals surface area contributed by atoms with Gasteiger partial charge < -0.3 is 19.5 Å². The van der Waals surface area contributed by atoms with Crippen molar-refractivity contribution in [2.24, 2.45) is 5.92 Å². The quantitative estimate of drug-likeness (QED) is 0.447. The number of esters is 1. The van der Waals surface area contributed by atoms with E-state index in [0.29, 0.717) is 6.42 Å². The van der Waals surface area contributed by atoms with E-state index in [2.05, 4.69) is 11.2 Å². The molecule has 1 unspecified atom stereocenters. The maximum atomic E-state index is 12.2. The van der Waals surface area contributed by atoms with Crippen LogP contribution in [-0.4, -0.2) is 60.5 Å². The molecule has 2 rings (SSSR count). The molecule has 0 aromatic carbocycles. The molecule has 1 saturated carbocycles. The molecule has 28 heavy (non-hydrogen) atoms. The van der Waals surface area contributed by atoms with Gasteiger partial charge in [0, 0.05) is 18.5 Å². The Balaban J connectivity index is 1.87. The molecule has 0 aromatic rings. The normalized spacial score (nSPS) is 26.6. The van der Waals surface area contributed by atoms with E-state index in [-0.39, 0.29) is 37.1 Å². The Morgan fingerprint density at radius 3 is 2.57 bits per heavy atom. The summed E-state index contributed by atoms with van der Waals surface area (Å²) in [5.74, 6) is 2.25. The van der Waals surface area contributed by atoms with Crippen LogP contribution in [0.2, 0.25) is 0 Å². The van der Waals surface area contributed by atoms with E-state index in [1.807, 2.05) is 0 Å². The first-order chi connectivity index (χ1) is 13.2. The smallest absolute Gasteiger partial charge is 0.410 e. The van der Waals surface area contributed by atoms with Crippen molar-refractivity contribution in [3.63, 3.8) is 0 Å². The fourth-order valence-corrected chi connectivity index (χ4v) is 3.93. The van der Waals surface area contributed by atoms with E-state index < -0.39 is 23.8 Å². The van der Waals surface area contributed by atoms with E-state index in [9.17, 15) is 14.4 Å². The maximum Gasteiger partial charge on any atom is 0.410 e. The fourth-order valence-electron chi connectivity index (χ4n) is 3.93.